The molecule has 19 heavy (non-hydrogen) atoms. The molecular formula is C13H20F3N3. The van der Waals surface area contributed by atoms with E-state index in [2.05, 4.69) is 10.3 Å². The van der Waals surface area contributed by atoms with Crippen molar-refractivity contribution in [1.29, 1.82) is 0 Å². The molecular weight excluding hydrogens is 255 g/mol. The number of halogens is 3. The Bertz CT molecular complexity index is 410. The highest BCUT2D eigenvalue weighted by Gasteiger charge is 2.30. The average Bonchev–Trinajstić information content (AvgIpc) is 2.23. The topological polar surface area (TPSA) is 28.2 Å². The molecule has 1 rings (SSSR count). The van der Waals surface area contributed by atoms with Crippen LogP contribution in [0.15, 0.2) is 18.5 Å². The van der Waals surface area contributed by atoms with Crippen molar-refractivity contribution < 1.29 is 13.2 Å². The van der Waals surface area contributed by atoms with Gasteiger partial charge in [0.25, 0.3) is 0 Å². The van der Waals surface area contributed by atoms with Gasteiger partial charge in [0, 0.05) is 25.3 Å². The van der Waals surface area contributed by atoms with Gasteiger partial charge in [0.05, 0.1) is 11.9 Å². The average molecular weight is 275 g/mol. The minimum atomic E-state index is -4.22. The van der Waals surface area contributed by atoms with Crippen LogP contribution in [0.1, 0.15) is 26.3 Å². The molecule has 0 atom stereocenters. The maximum absolute atomic E-state index is 12.4. The van der Waals surface area contributed by atoms with Gasteiger partial charge >= 0.3 is 6.18 Å². The summed E-state index contributed by atoms with van der Waals surface area (Å²) in [5, 5.41) is 3.26. The van der Waals surface area contributed by atoms with Crippen molar-refractivity contribution in [3.63, 3.8) is 0 Å². The molecule has 108 valence electrons. The fourth-order valence-electron chi connectivity index (χ4n) is 1.62. The normalized spacial score (nSPS) is 12.6. The number of anilines is 1. The number of hydrogen-bond acceptors (Lipinski definition) is 3. The van der Waals surface area contributed by atoms with E-state index in [1.54, 1.807) is 12.3 Å². The van der Waals surface area contributed by atoms with Gasteiger partial charge in [-0.25, -0.2) is 0 Å². The molecule has 0 saturated heterocycles. The Labute approximate surface area is 111 Å². The van der Waals surface area contributed by atoms with Crippen molar-refractivity contribution in [3.05, 3.63) is 24.0 Å². The van der Waals surface area contributed by atoms with Crippen LogP contribution in [0.5, 0.6) is 0 Å². The van der Waals surface area contributed by atoms with Crippen LogP contribution < -0.4 is 10.2 Å². The second-order valence-electron chi connectivity index (χ2n) is 5.58. The fourth-order valence-corrected chi connectivity index (χ4v) is 1.62. The van der Waals surface area contributed by atoms with E-state index in [1.807, 2.05) is 20.8 Å². The number of nitrogens with one attached hydrogen (secondary N) is 1. The third-order valence-electron chi connectivity index (χ3n) is 2.52. The fraction of sp³-hybridized carbons (Fsp3) is 0.615. The number of nitrogens with zero attached hydrogens (tertiary/aromatic N) is 2. The minimum Gasteiger partial charge on any atom is -0.364 e. The van der Waals surface area contributed by atoms with E-state index in [0.717, 1.165) is 5.56 Å². The van der Waals surface area contributed by atoms with E-state index in [9.17, 15) is 13.2 Å². The van der Waals surface area contributed by atoms with Gasteiger partial charge in [0.15, 0.2) is 0 Å². The first kappa shape index (κ1) is 15.8. The highest BCUT2D eigenvalue weighted by atomic mass is 19.4. The molecule has 1 N–H and O–H groups in total. The van der Waals surface area contributed by atoms with E-state index in [-0.39, 0.29) is 5.54 Å². The van der Waals surface area contributed by atoms with Crippen LogP contribution >= 0.6 is 0 Å². The lowest BCUT2D eigenvalue weighted by molar-refractivity contribution is -0.119. The summed E-state index contributed by atoms with van der Waals surface area (Å²) in [4.78, 5) is 5.08. The maximum Gasteiger partial charge on any atom is 0.405 e. The molecule has 6 heteroatoms. The second kappa shape index (κ2) is 5.77. The first-order valence-electron chi connectivity index (χ1n) is 6.04. The zero-order valence-corrected chi connectivity index (χ0v) is 11.7. The van der Waals surface area contributed by atoms with Gasteiger partial charge in [-0.15, -0.1) is 0 Å². The Kier molecular flexibility index (Phi) is 4.79. The first-order valence-corrected chi connectivity index (χ1v) is 6.04. The monoisotopic (exact) mass is 275 g/mol. The zero-order valence-electron chi connectivity index (χ0n) is 11.7. The van der Waals surface area contributed by atoms with Crippen LogP contribution in [0.25, 0.3) is 0 Å². The zero-order chi connectivity index (χ0) is 14.7. The Hall–Kier alpha value is -1.30. The summed E-state index contributed by atoms with van der Waals surface area (Å²) in [7, 11) is 1.42. The number of pyridine rings is 1. The summed E-state index contributed by atoms with van der Waals surface area (Å²) < 4.78 is 37.3. The first-order chi connectivity index (χ1) is 8.58. The Balaban J connectivity index is 2.83. The van der Waals surface area contributed by atoms with Gasteiger partial charge in [-0.3, -0.25) is 4.98 Å². The van der Waals surface area contributed by atoms with E-state index in [1.165, 1.54) is 18.1 Å². The van der Waals surface area contributed by atoms with E-state index < -0.39 is 12.7 Å². The highest BCUT2D eigenvalue weighted by Crippen LogP contribution is 2.23. The molecule has 0 bridgehead atoms. The van der Waals surface area contributed by atoms with Crippen molar-refractivity contribution in [2.75, 3.05) is 18.5 Å². The van der Waals surface area contributed by atoms with E-state index >= 15 is 0 Å². The van der Waals surface area contributed by atoms with Crippen molar-refractivity contribution >= 4 is 5.69 Å². The summed E-state index contributed by atoms with van der Waals surface area (Å²) in [6.45, 7) is 5.54. The molecule has 0 aliphatic rings. The third-order valence-corrected chi connectivity index (χ3v) is 2.52. The van der Waals surface area contributed by atoms with Gasteiger partial charge in [-0.2, -0.15) is 13.2 Å². The van der Waals surface area contributed by atoms with E-state index in [4.69, 9.17) is 0 Å². The van der Waals surface area contributed by atoms with Crippen LogP contribution in [0.3, 0.4) is 0 Å². The Morgan fingerprint density at radius 2 is 1.89 bits per heavy atom. The SMILES string of the molecule is CN(CC(F)(F)F)c1cnccc1CNC(C)(C)C. The molecule has 1 aromatic heterocycles. The Morgan fingerprint density at radius 1 is 1.26 bits per heavy atom. The molecule has 1 heterocycles. The van der Waals surface area contributed by atoms with Gasteiger partial charge in [0.1, 0.15) is 6.54 Å². The lowest BCUT2D eigenvalue weighted by Gasteiger charge is -2.25. The predicted molar refractivity (Wildman–Crippen MR) is 70.2 cm³/mol. The van der Waals surface area contributed by atoms with Crippen LogP contribution in [0, 0.1) is 0 Å². The number of hydrogen-bond donors (Lipinski definition) is 1. The predicted octanol–water partition coefficient (Wildman–Crippen LogP) is 2.97. The number of rotatable bonds is 4. The largest absolute Gasteiger partial charge is 0.405 e. The van der Waals surface area contributed by atoms with Crippen LogP contribution in [0.4, 0.5) is 18.9 Å². The molecule has 3 nitrogen and oxygen atoms in total. The highest BCUT2D eigenvalue weighted by molar-refractivity contribution is 5.51. The van der Waals surface area contributed by atoms with Crippen LogP contribution in [-0.4, -0.2) is 30.3 Å². The molecule has 0 aromatic carbocycles. The molecule has 0 saturated carbocycles. The summed E-state index contributed by atoms with van der Waals surface area (Å²) in [6, 6.07) is 1.74. The summed E-state index contributed by atoms with van der Waals surface area (Å²) in [5.41, 5.74) is 1.21. The molecule has 1 aromatic rings. The lowest BCUT2D eigenvalue weighted by Crippen LogP contribution is -2.36. The quantitative estimate of drug-likeness (QED) is 0.915. The molecule has 0 radical (unpaired) electrons. The standard InChI is InChI=1S/C13H20F3N3/c1-12(2,3)18-7-10-5-6-17-8-11(10)19(4)9-13(14,15)16/h5-6,8,18H,7,9H2,1-4H3. The van der Waals surface area contributed by atoms with Gasteiger partial charge in [0.2, 0.25) is 0 Å². The molecule has 0 amide bonds. The summed E-state index contributed by atoms with van der Waals surface area (Å²) in [6.07, 6.45) is -1.17. The molecule has 0 aliphatic heterocycles. The van der Waals surface area contributed by atoms with Gasteiger partial charge in [-0.1, -0.05) is 0 Å². The van der Waals surface area contributed by atoms with Crippen LogP contribution in [0.2, 0.25) is 0 Å². The summed E-state index contributed by atoms with van der Waals surface area (Å²) >= 11 is 0. The van der Waals surface area contributed by atoms with Crippen molar-refractivity contribution in [2.45, 2.75) is 39.0 Å². The molecule has 0 aliphatic carbocycles. The van der Waals surface area contributed by atoms with Crippen molar-refractivity contribution in [2.24, 2.45) is 0 Å². The van der Waals surface area contributed by atoms with Crippen LogP contribution in [-0.2, 0) is 6.54 Å². The van der Waals surface area contributed by atoms with E-state index in [0.29, 0.717) is 12.2 Å². The molecule has 0 unspecified atom stereocenters. The lowest BCUT2D eigenvalue weighted by atomic mass is 10.1. The van der Waals surface area contributed by atoms with Crippen molar-refractivity contribution in [1.82, 2.24) is 10.3 Å². The minimum absolute atomic E-state index is 0.0941. The smallest absolute Gasteiger partial charge is 0.364 e. The third kappa shape index (κ3) is 5.92. The Morgan fingerprint density at radius 3 is 2.42 bits per heavy atom. The number of alkyl halides is 3. The van der Waals surface area contributed by atoms with Crippen molar-refractivity contribution in [3.8, 4) is 0 Å². The number of aromatic nitrogens is 1. The van der Waals surface area contributed by atoms with Gasteiger partial charge < -0.3 is 10.2 Å². The molecule has 0 fully saturated rings. The van der Waals surface area contributed by atoms with Gasteiger partial charge in [-0.05, 0) is 32.4 Å². The summed E-state index contributed by atoms with van der Waals surface area (Å²) in [5.74, 6) is 0. The second-order valence-corrected chi connectivity index (χ2v) is 5.58. The maximum atomic E-state index is 12.4. The molecule has 0 spiro atoms.